The van der Waals surface area contributed by atoms with Crippen molar-refractivity contribution in [3.63, 3.8) is 0 Å². The van der Waals surface area contributed by atoms with Crippen LogP contribution in [0.3, 0.4) is 0 Å². The van der Waals surface area contributed by atoms with Crippen molar-refractivity contribution >= 4 is 29.0 Å². The van der Waals surface area contributed by atoms with E-state index >= 15 is 0 Å². The van der Waals surface area contributed by atoms with Gasteiger partial charge in [-0.05, 0) is 50.8 Å². The molecule has 1 N–H and O–H groups in total. The van der Waals surface area contributed by atoms with E-state index in [1.165, 1.54) is 11.1 Å². The molecule has 0 aliphatic rings. The summed E-state index contributed by atoms with van der Waals surface area (Å²) in [7, 11) is 0. The summed E-state index contributed by atoms with van der Waals surface area (Å²) in [6, 6.07) is 6.29. The van der Waals surface area contributed by atoms with Gasteiger partial charge in [0.05, 0.1) is 6.20 Å². The summed E-state index contributed by atoms with van der Waals surface area (Å²) in [6.45, 7) is 16.8. The van der Waals surface area contributed by atoms with Gasteiger partial charge in [-0.25, -0.2) is 4.98 Å². The van der Waals surface area contributed by atoms with Gasteiger partial charge >= 0.3 is 0 Å². The van der Waals surface area contributed by atoms with Crippen LogP contribution >= 0.6 is 0 Å². The summed E-state index contributed by atoms with van der Waals surface area (Å²) in [5.41, 5.74) is 6.52. The lowest BCUT2D eigenvalue weighted by Gasteiger charge is -2.27. The van der Waals surface area contributed by atoms with E-state index in [0.29, 0.717) is 0 Å². The first-order valence-corrected chi connectivity index (χ1v) is 10.1. The van der Waals surface area contributed by atoms with Crippen LogP contribution in [0.25, 0.3) is 11.7 Å². The van der Waals surface area contributed by atoms with Gasteiger partial charge in [-0.3, -0.25) is 0 Å². The largest absolute Gasteiger partial charge is 0.356 e. The number of nitrogens with zero attached hydrogens (tertiary/aromatic N) is 4. The summed E-state index contributed by atoms with van der Waals surface area (Å²) in [6.07, 6.45) is 5.89. The highest BCUT2D eigenvalue weighted by atomic mass is 15.4. The number of aromatic nitrogens is 3. The second-order valence-electron chi connectivity index (χ2n) is 7.37. The van der Waals surface area contributed by atoms with E-state index in [-0.39, 0.29) is 0 Å². The highest BCUT2D eigenvalue weighted by molar-refractivity contribution is 5.77. The third-order valence-electron chi connectivity index (χ3n) is 5.00. The van der Waals surface area contributed by atoms with E-state index < -0.39 is 0 Å². The van der Waals surface area contributed by atoms with Gasteiger partial charge in [0, 0.05) is 30.4 Å². The van der Waals surface area contributed by atoms with Crippen molar-refractivity contribution in [3.8, 4) is 0 Å². The van der Waals surface area contributed by atoms with Crippen molar-refractivity contribution in [1.29, 1.82) is 0 Å². The second kappa shape index (κ2) is 8.46. The van der Waals surface area contributed by atoms with Crippen molar-refractivity contribution in [2.45, 2.75) is 47.5 Å². The molecule has 0 spiro atoms. The summed E-state index contributed by atoms with van der Waals surface area (Å²) >= 11 is 0. The fourth-order valence-corrected chi connectivity index (χ4v) is 3.81. The third-order valence-corrected chi connectivity index (χ3v) is 5.00. The second-order valence-corrected chi connectivity index (χ2v) is 7.37. The van der Waals surface area contributed by atoms with E-state index in [0.717, 1.165) is 60.0 Å². The first kappa shape index (κ1) is 19.9. The van der Waals surface area contributed by atoms with Crippen LogP contribution in [-0.2, 0) is 0 Å². The molecule has 2 heterocycles. The molecule has 1 aromatic carbocycles. The number of fused-ring (bicyclic) bond motifs is 1. The molecule has 0 aliphatic carbocycles. The SMILES string of the molecule is C=Cc1cc(C)cc(C)c1Nc1nc2ccnn2c(N(CCC)CCC)c1C. The fourth-order valence-electron chi connectivity index (χ4n) is 3.81. The summed E-state index contributed by atoms with van der Waals surface area (Å²) in [4.78, 5) is 7.28. The Morgan fingerprint density at radius 1 is 1.14 bits per heavy atom. The van der Waals surface area contributed by atoms with E-state index in [9.17, 15) is 0 Å². The Morgan fingerprint density at radius 3 is 2.50 bits per heavy atom. The van der Waals surface area contributed by atoms with Crippen molar-refractivity contribution in [2.24, 2.45) is 0 Å². The molecule has 0 unspecified atom stereocenters. The summed E-state index contributed by atoms with van der Waals surface area (Å²) < 4.78 is 1.96. The Morgan fingerprint density at radius 2 is 1.86 bits per heavy atom. The molecule has 5 heteroatoms. The minimum atomic E-state index is 0.852. The van der Waals surface area contributed by atoms with Crippen LogP contribution in [-0.4, -0.2) is 27.7 Å². The molecule has 0 saturated heterocycles. The average Bonchev–Trinajstić information content (AvgIpc) is 3.12. The molecule has 28 heavy (non-hydrogen) atoms. The minimum Gasteiger partial charge on any atom is -0.356 e. The number of rotatable bonds is 8. The predicted octanol–water partition coefficient (Wildman–Crippen LogP) is 5.67. The number of hydrogen-bond donors (Lipinski definition) is 1. The zero-order valence-corrected chi connectivity index (χ0v) is 17.7. The molecule has 148 valence electrons. The fraction of sp³-hybridized carbons (Fsp3) is 0.391. The molecule has 5 nitrogen and oxygen atoms in total. The Labute approximate surface area is 168 Å². The monoisotopic (exact) mass is 377 g/mol. The number of benzene rings is 1. The van der Waals surface area contributed by atoms with E-state index in [2.05, 4.69) is 68.6 Å². The van der Waals surface area contributed by atoms with Crippen molar-refractivity contribution in [1.82, 2.24) is 14.6 Å². The lowest BCUT2D eigenvalue weighted by molar-refractivity contribution is 0.712. The Bertz CT molecular complexity index is 980. The lowest BCUT2D eigenvalue weighted by atomic mass is 10.0. The zero-order valence-electron chi connectivity index (χ0n) is 17.7. The van der Waals surface area contributed by atoms with Gasteiger partial charge < -0.3 is 10.2 Å². The quantitative estimate of drug-likeness (QED) is 0.549. The molecule has 3 aromatic rings. The standard InChI is InChI=1S/C23H31N5/c1-7-12-27(13-8-2)23-18(6)22(25-20-10-11-24-28(20)23)26-21-17(5)14-16(4)15-19(21)9-3/h9-11,14-15H,3,7-8,12-13H2,1-2,4-6H3,(H,25,26). The molecule has 0 radical (unpaired) electrons. The van der Waals surface area contributed by atoms with Crippen LogP contribution < -0.4 is 10.2 Å². The van der Waals surface area contributed by atoms with Crippen LogP contribution in [0.1, 0.15) is 48.9 Å². The van der Waals surface area contributed by atoms with Crippen molar-refractivity contribution in [3.05, 3.63) is 53.2 Å². The van der Waals surface area contributed by atoms with Gasteiger partial charge in [0.15, 0.2) is 5.65 Å². The first-order chi connectivity index (χ1) is 13.5. The maximum Gasteiger partial charge on any atom is 0.159 e. The number of hydrogen-bond acceptors (Lipinski definition) is 4. The first-order valence-electron chi connectivity index (χ1n) is 10.1. The Hall–Kier alpha value is -2.82. The maximum absolute atomic E-state index is 4.86. The van der Waals surface area contributed by atoms with E-state index in [4.69, 9.17) is 4.98 Å². The van der Waals surface area contributed by atoms with Crippen LogP contribution in [0.15, 0.2) is 31.0 Å². The molecule has 0 saturated carbocycles. The van der Waals surface area contributed by atoms with Gasteiger partial charge in [0.1, 0.15) is 11.6 Å². The van der Waals surface area contributed by atoms with Gasteiger partial charge in [-0.2, -0.15) is 9.61 Å². The molecule has 3 rings (SSSR count). The smallest absolute Gasteiger partial charge is 0.159 e. The van der Waals surface area contributed by atoms with Crippen LogP contribution in [0.4, 0.5) is 17.3 Å². The lowest BCUT2D eigenvalue weighted by Crippen LogP contribution is -2.28. The Balaban J connectivity index is 2.16. The number of anilines is 3. The van der Waals surface area contributed by atoms with E-state index in [1.54, 1.807) is 0 Å². The topological polar surface area (TPSA) is 45.5 Å². The highest BCUT2D eigenvalue weighted by Crippen LogP contribution is 2.32. The minimum absolute atomic E-state index is 0.852. The van der Waals surface area contributed by atoms with E-state index in [1.807, 2.05) is 22.9 Å². The van der Waals surface area contributed by atoms with Crippen molar-refractivity contribution in [2.75, 3.05) is 23.3 Å². The number of aryl methyl sites for hydroxylation is 2. The Kier molecular flexibility index (Phi) is 6.02. The molecule has 2 aromatic heterocycles. The molecule has 0 fully saturated rings. The van der Waals surface area contributed by atoms with Gasteiger partial charge in [0.2, 0.25) is 0 Å². The number of nitrogens with one attached hydrogen (secondary N) is 1. The molecule has 0 amide bonds. The molecular formula is C23H31N5. The van der Waals surface area contributed by atoms with Crippen LogP contribution in [0.2, 0.25) is 0 Å². The average molecular weight is 378 g/mol. The summed E-state index contributed by atoms with van der Waals surface area (Å²) in [5.74, 6) is 1.99. The van der Waals surface area contributed by atoms with Crippen molar-refractivity contribution < 1.29 is 0 Å². The van der Waals surface area contributed by atoms with Crippen LogP contribution in [0.5, 0.6) is 0 Å². The molecule has 0 aliphatic heterocycles. The normalized spacial score (nSPS) is 11.0. The molecule has 0 atom stereocenters. The summed E-state index contributed by atoms with van der Waals surface area (Å²) in [5, 5.41) is 8.14. The van der Waals surface area contributed by atoms with Crippen LogP contribution in [0, 0.1) is 20.8 Å². The maximum atomic E-state index is 4.86. The third kappa shape index (κ3) is 3.75. The van der Waals surface area contributed by atoms with Gasteiger partial charge in [-0.1, -0.05) is 38.1 Å². The van der Waals surface area contributed by atoms with Gasteiger partial charge in [0.25, 0.3) is 0 Å². The molecular weight excluding hydrogens is 346 g/mol. The highest BCUT2D eigenvalue weighted by Gasteiger charge is 2.19. The van der Waals surface area contributed by atoms with Gasteiger partial charge in [-0.15, -0.1) is 0 Å². The predicted molar refractivity (Wildman–Crippen MR) is 120 cm³/mol. The molecule has 0 bridgehead atoms. The zero-order chi connectivity index (χ0) is 20.3.